The number of carbonyl (C=O) groups is 1. The second-order valence-electron chi connectivity index (χ2n) is 6.58. The van der Waals surface area contributed by atoms with Crippen LogP contribution in [0.5, 0.6) is 17.2 Å². The third kappa shape index (κ3) is 4.28. The van der Waals surface area contributed by atoms with Crippen molar-refractivity contribution in [2.45, 2.75) is 32.4 Å². The van der Waals surface area contributed by atoms with Gasteiger partial charge in [0, 0.05) is 11.6 Å². The largest absolute Gasteiger partial charge is 0.493 e. The highest BCUT2D eigenvalue weighted by Crippen LogP contribution is 2.39. The van der Waals surface area contributed by atoms with Gasteiger partial charge in [-0.05, 0) is 43.4 Å². The van der Waals surface area contributed by atoms with Gasteiger partial charge in [-0.15, -0.1) is 0 Å². The van der Waals surface area contributed by atoms with Crippen LogP contribution in [-0.2, 0) is 6.61 Å². The molecule has 2 aromatic carbocycles. The number of ether oxygens (including phenoxy) is 3. The molecule has 2 aromatic rings. The molecule has 1 aliphatic rings. The molecule has 138 valence electrons. The highest BCUT2D eigenvalue weighted by Gasteiger charge is 2.29. The lowest BCUT2D eigenvalue weighted by atomic mass is 10.1. The second-order valence-corrected chi connectivity index (χ2v) is 6.58. The Labute approximate surface area is 154 Å². The van der Waals surface area contributed by atoms with Gasteiger partial charge in [0.2, 0.25) is 5.75 Å². The summed E-state index contributed by atoms with van der Waals surface area (Å²) in [6.45, 7) is 2.43. The van der Waals surface area contributed by atoms with E-state index < -0.39 is 0 Å². The van der Waals surface area contributed by atoms with Crippen molar-refractivity contribution in [1.29, 1.82) is 0 Å². The van der Waals surface area contributed by atoms with Crippen molar-refractivity contribution in [3.63, 3.8) is 0 Å². The minimum atomic E-state index is -0.129. The van der Waals surface area contributed by atoms with Gasteiger partial charge in [-0.25, -0.2) is 0 Å². The van der Waals surface area contributed by atoms with Gasteiger partial charge in [0.25, 0.3) is 5.91 Å². The molecule has 5 heteroatoms. The molecule has 1 aliphatic carbocycles. The van der Waals surface area contributed by atoms with Crippen molar-refractivity contribution < 1.29 is 19.0 Å². The topological polar surface area (TPSA) is 56.8 Å². The van der Waals surface area contributed by atoms with Gasteiger partial charge >= 0.3 is 0 Å². The van der Waals surface area contributed by atoms with Crippen molar-refractivity contribution in [3.05, 3.63) is 53.6 Å². The summed E-state index contributed by atoms with van der Waals surface area (Å²) in [5.41, 5.74) is 1.54. The monoisotopic (exact) mass is 355 g/mol. The number of rotatable bonds is 8. The molecular weight excluding hydrogens is 330 g/mol. The number of methoxy groups -OCH3 is 2. The molecule has 1 fully saturated rings. The molecule has 0 aliphatic heterocycles. The van der Waals surface area contributed by atoms with Crippen LogP contribution < -0.4 is 19.5 Å². The molecule has 0 radical (unpaired) electrons. The Bertz CT molecular complexity index is 731. The number of benzene rings is 2. The molecule has 0 saturated heterocycles. The first-order valence-electron chi connectivity index (χ1n) is 8.86. The van der Waals surface area contributed by atoms with Crippen molar-refractivity contribution in [2.24, 2.45) is 5.92 Å². The van der Waals surface area contributed by atoms with Gasteiger partial charge in [0.15, 0.2) is 11.5 Å². The number of carbonyl (C=O) groups excluding carboxylic acids is 1. The lowest BCUT2D eigenvalue weighted by Crippen LogP contribution is -2.34. The normalized spacial score (nSPS) is 14.4. The maximum Gasteiger partial charge on any atom is 0.251 e. The van der Waals surface area contributed by atoms with E-state index in [-0.39, 0.29) is 11.9 Å². The van der Waals surface area contributed by atoms with E-state index in [2.05, 4.69) is 5.32 Å². The zero-order valence-electron chi connectivity index (χ0n) is 15.5. The van der Waals surface area contributed by atoms with Gasteiger partial charge in [-0.2, -0.15) is 0 Å². The van der Waals surface area contributed by atoms with Crippen molar-refractivity contribution in [1.82, 2.24) is 5.32 Å². The fourth-order valence-electron chi connectivity index (χ4n) is 2.89. The van der Waals surface area contributed by atoms with Gasteiger partial charge in [-0.1, -0.05) is 30.3 Å². The second kappa shape index (κ2) is 8.13. The Morgan fingerprint density at radius 1 is 1.12 bits per heavy atom. The highest BCUT2D eigenvalue weighted by molar-refractivity contribution is 5.95. The summed E-state index contributed by atoms with van der Waals surface area (Å²) in [6.07, 6.45) is 2.36. The number of hydrogen-bond donors (Lipinski definition) is 1. The minimum absolute atomic E-state index is 0.129. The summed E-state index contributed by atoms with van der Waals surface area (Å²) >= 11 is 0. The average Bonchev–Trinajstić information content (AvgIpc) is 3.51. The molecule has 0 spiro atoms. The SMILES string of the molecule is COc1cc(C(=O)NC(C)C2CC2)cc(OC)c1OCc1ccccc1. The fraction of sp³-hybridized carbons (Fsp3) is 0.381. The molecule has 1 amide bonds. The van der Waals surface area contributed by atoms with Gasteiger partial charge in [0.05, 0.1) is 14.2 Å². The van der Waals surface area contributed by atoms with Crippen molar-refractivity contribution in [3.8, 4) is 17.2 Å². The van der Waals surface area contributed by atoms with E-state index in [9.17, 15) is 4.79 Å². The molecule has 1 unspecified atom stereocenters. The number of amides is 1. The van der Waals surface area contributed by atoms with Crippen molar-refractivity contribution in [2.75, 3.05) is 14.2 Å². The number of nitrogens with one attached hydrogen (secondary N) is 1. The molecule has 0 aromatic heterocycles. The first-order chi connectivity index (χ1) is 12.6. The van der Waals surface area contributed by atoms with Crippen LogP contribution in [0.2, 0.25) is 0 Å². The molecule has 3 rings (SSSR count). The summed E-state index contributed by atoms with van der Waals surface area (Å²) in [7, 11) is 3.11. The highest BCUT2D eigenvalue weighted by atomic mass is 16.5. The van der Waals surface area contributed by atoms with E-state index in [1.807, 2.05) is 37.3 Å². The molecule has 1 N–H and O–H groups in total. The first-order valence-corrected chi connectivity index (χ1v) is 8.86. The van der Waals surface area contributed by atoms with E-state index in [1.165, 1.54) is 12.8 Å². The van der Waals surface area contributed by atoms with Gasteiger partial charge in [-0.3, -0.25) is 4.79 Å². The maximum atomic E-state index is 12.6. The van der Waals surface area contributed by atoms with E-state index >= 15 is 0 Å². The van der Waals surface area contributed by atoms with Crippen LogP contribution in [-0.4, -0.2) is 26.2 Å². The van der Waals surface area contributed by atoms with Crippen LogP contribution in [0.4, 0.5) is 0 Å². The third-order valence-electron chi connectivity index (χ3n) is 4.64. The van der Waals surface area contributed by atoms with Crippen LogP contribution >= 0.6 is 0 Å². The fourth-order valence-corrected chi connectivity index (χ4v) is 2.89. The predicted molar refractivity (Wildman–Crippen MR) is 100.0 cm³/mol. The molecule has 0 bridgehead atoms. The van der Waals surface area contributed by atoms with E-state index in [0.717, 1.165) is 5.56 Å². The van der Waals surface area contributed by atoms with Gasteiger partial charge in [0.1, 0.15) is 6.61 Å². The summed E-state index contributed by atoms with van der Waals surface area (Å²) in [4.78, 5) is 12.6. The lowest BCUT2D eigenvalue weighted by molar-refractivity contribution is 0.0935. The molecule has 1 saturated carbocycles. The smallest absolute Gasteiger partial charge is 0.251 e. The molecule has 0 heterocycles. The van der Waals surface area contributed by atoms with Crippen LogP contribution in [0, 0.1) is 5.92 Å². The Morgan fingerprint density at radius 2 is 1.73 bits per heavy atom. The maximum absolute atomic E-state index is 12.6. The lowest BCUT2D eigenvalue weighted by Gasteiger charge is -2.17. The summed E-state index contributed by atoms with van der Waals surface area (Å²) < 4.78 is 16.8. The van der Waals surface area contributed by atoms with Gasteiger partial charge < -0.3 is 19.5 Å². The zero-order chi connectivity index (χ0) is 18.5. The van der Waals surface area contributed by atoms with E-state index in [1.54, 1.807) is 26.4 Å². The quantitative estimate of drug-likeness (QED) is 0.782. The first kappa shape index (κ1) is 18.1. The Kier molecular flexibility index (Phi) is 5.66. The predicted octanol–water partition coefficient (Wildman–Crippen LogP) is 3.81. The van der Waals surface area contributed by atoms with E-state index in [4.69, 9.17) is 14.2 Å². The molecular formula is C21H25NO4. The van der Waals surface area contributed by atoms with Crippen LogP contribution in [0.3, 0.4) is 0 Å². The van der Waals surface area contributed by atoms with Crippen LogP contribution in [0.1, 0.15) is 35.7 Å². The molecule has 1 atom stereocenters. The summed E-state index contributed by atoms with van der Waals surface area (Å²) in [5, 5.41) is 3.05. The third-order valence-corrected chi connectivity index (χ3v) is 4.64. The van der Waals surface area contributed by atoms with Crippen molar-refractivity contribution >= 4 is 5.91 Å². The van der Waals surface area contributed by atoms with E-state index in [0.29, 0.717) is 35.3 Å². The zero-order valence-corrected chi connectivity index (χ0v) is 15.5. The Hall–Kier alpha value is -2.69. The minimum Gasteiger partial charge on any atom is -0.493 e. The summed E-state index contributed by atoms with van der Waals surface area (Å²) in [6, 6.07) is 13.4. The molecule has 26 heavy (non-hydrogen) atoms. The molecule has 5 nitrogen and oxygen atoms in total. The van der Waals surface area contributed by atoms with Crippen LogP contribution in [0.25, 0.3) is 0 Å². The standard InChI is InChI=1S/C21H25NO4/c1-14(16-9-10-16)22-21(23)17-11-18(24-2)20(19(12-17)25-3)26-13-15-7-5-4-6-8-15/h4-8,11-12,14,16H,9-10,13H2,1-3H3,(H,22,23). The summed E-state index contributed by atoms with van der Waals surface area (Å²) in [5.74, 6) is 1.91. The average molecular weight is 355 g/mol. The Balaban J connectivity index is 1.79. The van der Waals surface area contributed by atoms with Crippen LogP contribution in [0.15, 0.2) is 42.5 Å². The Morgan fingerprint density at radius 3 is 2.27 bits per heavy atom. The number of hydrogen-bond acceptors (Lipinski definition) is 4.